The maximum atomic E-state index is 13.2. The number of nitrogens with one attached hydrogen (secondary N) is 1. The van der Waals surface area contributed by atoms with E-state index in [9.17, 15) is 4.39 Å². The lowest BCUT2D eigenvalue weighted by atomic mass is 10.2. The zero-order valence-corrected chi connectivity index (χ0v) is 11.5. The van der Waals surface area contributed by atoms with Gasteiger partial charge in [-0.25, -0.2) is 4.39 Å². The van der Waals surface area contributed by atoms with E-state index in [0.29, 0.717) is 13.2 Å². The highest BCUT2D eigenvalue weighted by atomic mass is 32.1. The first-order chi connectivity index (χ1) is 8.74. The molecule has 1 atom stereocenters. The molecule has 0 bridgehead atoms. The van der Waals surface area contributed by atoms with Gasteiger partial charge in [-0.1, -0.05) is 13.0 Å². The molecule has 0 spiro atoms. The van der Waals surface area contributed by atoms with Crippen LogP contribution in [0.15, 0.2) is 24.3 Å². The Hall–Kier alpha value is -0.970. The van der Waals surface area contributed by atoms with Gasteiger partial charge >= 0.3 is 0 Å². The molecule has 1 heterocycles. The van der Waals surface area contributed by atoms with Gasteiger partial charge < -0.3 is 10.1 Å². The lowest BCUT2D eigenvalue weighted by molar-refractivity contribution is 0.124. The maximum absolute atomic E-state index is 13.2. The topological polar surface area (TPSA) is 21.3 Å². The summed E-state index contributed by atoms with van der Waals surface area (Å²) in [6.07, 6.45) is 0. The van der Waals surface area contributed by atoms with Crippen LogP contribution < -0.4 is 5.32 Å². The van der Waals surface area contributed by atoms with E-state index in [2.05, 4.69) is 18.3 Å². The van der Waals surface area contributed by atoms with Crippen molar-refractivity contribution >= 4 is 21.4 Å². The van der Waals surface area contributed by atoms with Crippen molar-refractivity contribution in [2.45, 2.75) is 19.9 Å². The molecule has 18 heavy (non-hydrogen) atoms. The molecule has 0 saturated heterocycles. The molecule has 98 valence electrons. The highest BCUT2D eigenvalue weighted by Crippen LogP contribution is 2.30. The molecule has 0 aliphatic heterocycles. The fourth-order valence-corrected chi connectivity index (χ4v) is 3.07. The largest absolute Gasteiger partial charge is 0.380 e. The molecular weight excluding hydrogens is 249 g/mol. The Kier molecular flexibility index (Phi) is 4.69. The SMILES string of the molecule is CCNC(COCC)c1cc2ccc(F)cc2s1. The minimum atomic E-state index is -0.180. The third-order valence-corrected chi connectivity index (χ3v) is 4.00. The normalized spacial score (nSPS) is 13.1. The van der Waals surface area contributed by atoms with Crippen LogP contribution in [0, 0.1) is 5.82 Å². The molecule has 0 fully saturated rings. The van der Waals surface area contributed by atoms with E-state index in [1.165, 1.54) is 10.9 Å². The van der Waals surface area contributed by atoms with Gasteiger partial charge in [0.1, 0.15) is 5.82 Å². The molecule has 0 aliphatic carbocycles. The number of thiophene rings is 1. The Morgan fingerprint density at radius 2 is 2.17 bits per heavy atom. The summed E-state index contributed by atoms with van der Waals surface area (Å²) < 4.78 is 19.6. The first-order valence-electron chi connectivity index (χ1n) is 6.24. The van der Waals surface area contributed by atoms with Crippen molar-refractivity contribution in [1.29, 1.82) is 0 Å². The zero-order chi connectivity index (χ0) is 13.0. The molecule has 1 N–H and O–H groups in total. The average molecular weight is 267 g/mol. The van der Waals surface area contributed by atoms with Crippen LogP contribution in [0.2, 0.25) is 0 Å². The molecule has 2 nitrogen and oxygen atoms in total. The predicted octanol–water partition coefficient (Wildman–Crippen LogP) is 3.73. The van der Waals surface area contributed by atoms with Crippen LogP contribution in [0.1, 0.15) is 24.8 Å². The summed E-state index contributed by atoms with van der Waals surface area (Å²) in [4.78, 5) is 1.20. The van der Waals surface area contributed by atoms with Crippen molar-refractivity contribution in [3.8, 4) is 0 Å². The van der Waals surface area contributed by atoms with Gasteiger partial charge in [-0.2, -0.15) is 0 Å². The number of ether oxygens (including phenoxy) is 1. The number of halogens is 1. The number of hydrogen-bond donors (Lipinski definition) is 1. The molecule has 2 rings (SSSR count). The van der Waals surface area contributed by atoms with Gasteiger partial charge in [0, 0.05) is 16.2 Å². The molecule has 0 radical (unpaired) electrons. The van der Waals surface area contributed by atoms with E-state index in [0.717, 1.165) is 16.6 Å². The quantitative estimate of drug-likeness (QED) is 0.861. The molecule has 0 amide bonds. The van der Waals surface area contributed by atoms with Gasteiger partial charge in [0.25, 0.3) is 0 Å². The first-order valence-corrected chi connectivity index (χ1v) is 7.06. The van der Waals surface area contributed by atoms with E-state index >= 15 is 0 Å². The summed E-state index contributed by atoms with van der Waals surface area (Å²) in [6.45, 7) is 6.32. The lowest BCUT2D eigenvalue weighted by Gasteiger charge is -2.15. The number of benzene rings is 1. The van der Waals surface area contributed by atoms with Gasteiger partial charge in [-0.15, -0.1) is 11.3 Å². The van der Waals surface area contributed by atoms with Crippen LogP contribution in [-0.2, 0) is 4.74 Å². The summed E-state index contributed by atoms with van der Waals surface area (Å²) >= 11 is 1.63. The Bertz CT molecular complexity index is 511. The second-order valence-electron chi connectivity index (χ2n) is 4.10. The van der Waals surface area contributed by atoms with Gasteiger partial charge in [0.05, 0.1) is 12.6 Å². The molecule has 0 aliphatic rings. The lowest BCUT2D eigenvalue weighted by Crippen LogP contribution is -2.24. The molecule has 4 heteroatoms. The van der Waals surface area contributed by atoms with E-state index in [1.54, 1.807) is 17.4 Å². The van der Waals surface area contributed by atoms with Gasteiger partial charge in [0.2, 0.25) is 0 Å². The minimum Gasteiger partial charge on any atom is -0.380 e. The summed E-state index contributed by atoms with van der Waals surface area (Å²) in [7, 11) is 0. The second-order valence-corrected chi connectivity index (χ2v) is 5.22. The first kappa shape index (κ1) is 13.5. The highest BCUT2D eigenvalue weighted by Gasteiger charge is 2.13. The summed E-state index contributed by atoms with van der Waals surface area (Å²) in [6, 6.07) is 7.23. The van der Waals surface area contributed by atoms with Crippen LogP contribution in [0.5, 0.6) is 0 Å². The Labute approximate surface area is 111 Å². The number of hydrogen-bond acceptors (Lipinski definition) is 3. The standard InChI is InChI=1S/C14H18FNOS/c1-3-16-12(9-17-4-2)14-7-10-5-6-11(15)8-13(10)18-14/h5-8,12,16H,3-4,9H2,1-2H3. The maximum Gasteiger partial charge on any atom is 0.124 e. The monoisotopic (exact) mass is 267 g/mol. The summed E-state index contributed by atoms with van der Waals surface area (Å²) in [5.41, 5.74) is 0. The van der Waals surface area contributed by atoms with Gasteiger partial charge in [-0.05, 0) is 37.1 Å². The van der Waals surface area contributed by atoms with Crippen molar-refractivity contribution < 1.29 is 9.13 Å². The Balaban J connectivity index is 2.26. The Morgan fingerprint density at radius 3 is 2.89 bits per heavy atom. The minimum absolute atomic E-state index is 0.180. The second kappa shape index (κ2) is 6.27. The third kappa shape index (κ3) is 3.07. The Morgan fingerprint density at radius 1 is 1.33 bits per heavy atom. The van der Waals surface area contributed by atoms with E-state index in [1.807, 2.05) is 13.0 Å². The molecule has 1 aromatic carbocycles. The van der Waals surface area contributed by atoms with Crippen LogP contribution in [0.3, 0.4) is 0 Å². The van der Waals surface area contributed by atoms with Crippen LogP contribution in [0.25, 0.3) is 10.1 Å². The van der Waals surface area contributed by atoms with Crippen molar-refractivity contribution in [3.63, 3.8) is 0 Å². The van der Waals surface area contributed by atoms with Crippen molar-refractivity contribution in [2.24, 2.45) is 0 Å². The van der Waals surface area contributed by atoms with Gasteiger partial charge in [-0.3, -0.25) is 0 Å². The summed E-state index contributed by atoms with van der Waals surface area (Å²) in [5, 5.41) is 4.49. The molecule has 0 saturated carbocycles. The molecule has 1 unspecified atom stereocenters. The zero-order valence-electron chi connectivity index (χ0n) is 10.7. The molecule has 1 aromatic heterocycles. The van der Waals surface area contributed by atoms with Crippen LogP contribution in [-0.4, -0.2) is 19.8 Å². The number of fused-ring (bicyclic) bond motifs is 1. The van der Waals surface area contributed by atoms with Crippen LogP contribution >= 0.6 is 11.3 Å². The fourth-order valence-electron chi connectivity index (χ4n) is 1.92. The fraction of sp³-hybridized carbons (Fsp3) is 0.429. The summed E-state index contributed by atoms with van der Waals surface area (Å²) in [5.74, 6) is -0.180. The van der Waals surface area contributed by atoms with Gasteiger partial charge in [0.15, 0.2) is 0 Å². The van der Waals surface area contributed by atoms with E-state index in [-0.39, 0.29) is 11.9 Å². The average Bonchev–Trinajstić information content (AvgIpc) is 2.77. The number of rotatable bonds is 6. The van der Waals surface area contributed by atoms with Crippen molar-refractivity contribution in [1.82, 2.24) is 5.32 Å². The predicted molar refractivity (Wildman–Crippen MR) is 74.7 cm³/mol. The molecule has 2 aromatic rings. The number of likely N-dealkylation sites (N-methyl/N-ethyl adjacent to an activating group) is 1. The molecular formula is C14H18FNOS. The van der Waals surface area contributed by atoms with E-state index in [4.69, 9.17) is 4.74 Å². The highest BCUT2D eigenvalue weighted by molar-refractivity contribution is 7.19. The van der Waals surface area contributed by atoms with E-state index < -0.39 is 0 Å². The van der Waals surface area contributed by atoms with Crippen LogP contribution in [0.4, 0.5) is 4.39 Å². The third-order valence-electron chi connectivity index (χ3n) is 2.78. The van der Waals surface area contributed by atoms with Crippen molar-refractivity contribution in [3.05, 3.63) is 35.0 Å². The van der Waals surface area contributed by atoms with Crippen molar-refractivity contribution in [2.75, 3.05) is 19.8 Å². The smallest absolute Gasteiger partial charge is 0.124 e.